The molecule has 2 aromatic carbocycles. The van der Waals surface area contributed by atoms with Crippen molar-refractivity contribution in [3.8, 4) is 5.75 Å². The number of carbonyl (C=O) groups is 1. The number of aromatic nitrogens is 1. The Morgan fingerprint density at radius 2 is 1.85 bits per heavy atom. The molecule has 0 bridgehead atoms. The summed E-state index contributed by atoms with van der Waals surface area (Å²) in [7, 11) is 0. The SMILES string of the molecule is O=C(OCCOc1ccc(Cl)cc1)c1c2c(nc3ccccc13)CCC2. The summed E-state index contributed by atoms with van der Waals surface area (Å²) in [5.41, 5.74) is 3.56. The Bertz CT molecular complexity index is 953. The molecular formula is C21H18ClNO3. The van der Waals surface area contributed by atoms with Gasteiger partial charge in [-0.3, -0.25) is 4.98 Å². The lowest BCUT2D eigenvalue weighted by atomic mass is 10.0. The first-order chi connectivity index (χ1) is 12.7. The van der Waals surface area contributed by atoms with Crippen LogP contribution in [0.15, 0.2) is 48.5 Å². The largest absolute Gasteiger partial charge is 0.490 e. The number of hydrogen-bond acceptors (Lipinski definition) is 4. The van der Waals surface area contributed by atoms with E-state index in [1.165, 1.54) is 0 Å². The molecule has 26 heavy (non-hydrogen) atoms. The number of nitrogens with zero attached hydrogens (tertiary/aromatic N) is 1. The molecule has 1 aliphatic carbocycles. The van der Waals surface area contributed by atoms with Crippen LogP contribution in [0.1, 0.15) is 28.0 Å². The van der Waals surface area contributed by atoms with Crippen LogP contribution in [-0.4, -0.2) is 24.2 Å². The van der Waals surface area contributed by atoms with Gasteiger partial charge in [-0.1, -0.05) is 29.8 Å². The fraction of sp³-hybridized carbons (Fsp3) is 0.238. The number of ether oxygens (including phenoxy) is 2. The molecule has 0 saturated heterocycles. The summed E-state index contributed by atoms with van der Waals surface area (Å²) in [5.74, 6) is 0.391. The van der Waals surface area contributed by atoms with Crippen molar-refractivity contribution in [2.75, 3.05) is 13.2 Å². The molecule has 0 unspecified atom stereocenters. The van der Waals surface area contributed by atoms with Crippen molar-refractivity contribution >= 4 is 28.5 Å². The smallest absolute Gasteiger partial charge is 0.339 e. The van der Waals surface area contributed by atoms with Gasteiger partial charge in [-0.15, -0.1) is 0 Å². The first-order valence-corrected chi connectivity index (χ1v) is 9.06. The van der Waals surface area contributed by atoms with Crippen molar-refractivity contribution in [1.29, 1.82) is 0 Å². The lowest BCUT2D eigenvalue weighted by Crippen LogP contribution is -2.15. The van der Waals surface area contributed by atoms with Crippen LogP contribution in [0.4, 0.5) is 0 Å². The normalized spacial score (nSPS) is 12.8. The van der Waals surface area contributed by atoms with Gasteiger partial charge < -0.3 is 9.47 Å². The number of fused-ring (bicyclic) bond motifs is 2. The van der Waals surface area contributed by atoms with E-state index in [1.807, 2.05) is 24.3 Å². The number of carbonyl (C=O) groups excluding carboxylic acids is 1. The molecule has 4 rings (SSSR count). The molecule has 0 aliphatic heterocycles. The average Bonchev–Trinajstić information content (AvgIpc) is 3.12. The number of aryl methyl sites for hydroxylation is 1. The number of hydrogen-bond donors (Lipinski definition) is 0. The highest BCUT2D eigenvalue weighted by Crippen LogP contribution is 2.30. The molecule has 0 N–H and O–H groups in total. The molecule has 0 spiro atoms. The molecule has 3 aromatic rings. The van der Waals surface area contributed by atoms with E-state index in [0.717, 1.165) is 41.4 Å². The van der Waals surface area contributed by atoms with Gasteiger partial charge >= 0.3 is 5.97 Å². The predicted octanol–water partition coefficient (Wildman–Crippen LogP) is 4.61. The minimum absolute atomic E-state index is 0.187. The second kappa shape index (κ2) is 7.34. The molecular weight excluding hydrogens is 350 g/mol. The van der Waals surface area contributed by atoms with Crippen molar-refractivity contribution in [1.82, 2.24) is 4.98 Å². The second-order valence-electron chi connectivity index (χ2n) is 6.22. The summed E-state index contributed by atoms with van der Waals surface area (Å²) < 4.78 is 11.1. The average molecular weight is 368 g/mol. The number of pyridine rings is 1. The summed E-state index contributed by atoms with van der Waals surface area (Å²) in [4.78, 5) is 17.5. The molecule has 0 fully saturated rings. The molecule has 0 amide bonds. The van der Waals surface area contributed by atoms with Gasteiger partial charge in [0.15, 0.2) is 0 Å². The quantitative estimate of drug-likeness (QED) is 0.488. The van der Waals surface area contributed by atoms with Crippen molar-refractivity contribution in [2.45, 2.75) is 19.3 Å². The summed E-state index contributed by atoms with van der Waals surface area (Å²) in [5, 5.41) is 1.51. The lowest BCUT2D eigenvalue weighted by Gasteiger charge is -2.12. The molecule has 132 valence electrons. The maximum Gasteiger partial charge on any atom is 0.339 e. The minimum Gasteiger partial charge on any atom is -0.490 e. The van der Waals surface area contributed by atoms with Crippen molar-refractivity contribution in [3.63, 3.8) is 0 Å². The van der Waals surface area contributed by atoms with Gasteiger partial charge in [0, 0.05) is 16.1 Å². The van der Waals surface area contributed by atoms with E-state index in [-0.39, 0.29) is 12.6 Å². The standard InChI is InChI=1S/C21H18ClNO3/c22-14-8-10-15(11-9-14)25-12-13-26-21(24)20-16-4-1-2-6-18(16)23-19-7-3-5-17(19)20/h1-2,4,6,8-11H,3,5,7,12-13H2. The van der Waals surface area contributed by atoms with Crippen molar-refractivity contribution in [3.05, 3.63) is 70.4 Å². The van der Waals surface area contributed by atoms with Gasteiger partial charge in [-0.25, -0.2) is 4.79 Å². The topological polar surface area (TPSA) is 48.4 Å². The summed E-state index contributed by atoms with van der Waals surface area (Å²) in [6.45, 7) is 0.478. The molecule has 1 heterocycles. The summed E-state index contributed by atoms with van der Waals surface area (Å²) >= 11 is 5.85. The Kier molecular flexibility index (Phi) is 4.76. The van der Waals surface area contributed by atoms with E-state index in [1.54, 1.807) is 24.3 Å². The Labute approximate surface area is 156 Å². The zero-order valence-corrected chi connectivity index (χ0v) is 15.0. The third-order valence-corrected chi connectivity index (χ3v) is 4.77. The Morgan fingerprint density at radius 3 is 2.69 bits per heavy atom. The Hall–Kier alpha value is -2.59. The first kappa shape index (κ1) is 16.9. The zero-order valence-electron chi connectivity index (χ0n) is 14.2. The molecule has 0 atom stereocenters. The van der Waals surface area contributed by atoms with Crippen LogP contribution in [-0.2, 0) is 17.6 Å². The fourth-order valence-corrected chi connectivity index (χ4v) is 3.47. The van der Waals surface area contributed by atoms with Crippen LogP contribution in [0.25, 0.3) is 10.9 Å². The van der Waals surface area contributed by atoms with Gasteiger partial charge in [0.1, 0.15) is 19.0 Å². The molecule has 1 aliphatic rings. The molecule has 1 aromatic heterocycles. The number of rotatable bonds is 5. The molecule has 0 radical (unpaired) electrons. The van der Waals surface area contributed by atoms with Crippen molar-refractivity contribution < 1.29 is 14.3 Å². The summed E-state index contributed by atoms with van der Waals surface area (Å²) in [6, 6.07) is 14.8. The maximum atomic E-state index is 12.8. The van der Waals surface area contributed by atoms with Gasteiger partial charge in [-0.05, 0) is 55.2 Å². The monoisotopic (exact) mass is 367 g/mol. The number of esters is 1. The number of para-hydroxylation sites is 1. The number of halogens is 1. The summed E-state index contributed by atoms with van der Waals surface area (Å²) in [6.07, 6.45) is 2.82. The van der Waals surface area contributed by atoms with Crippen LogP contribution < -0.4 is 4.74 Å². The lowest BCUT2D eigenvalue weighted by molar-refractivity contribution is 0.0451. The third-order valence-electron chi connectivity index (χ3n) is 4.52. The highest BCUT2D eigenvalue weighted by molar-refractivity contribution is 6.30. The van der Waals surface area contributed by atoms with Crippen LogP contribution in [0.2, 0.25) is 5.02 Å². The second-order valence-corrected chi connectivity index (χ2v) is 6.66. The van der Waals surface area contributed by atoms with Crippen LogP contribution in [0.3, 0.4) is 0 Å². The van der Waals surface area contributed by atoms with E-state index in [2.05, 4.69) is 0 Å². The molecule has 4 nitrogen and oxygen atoms in total. The van der Waals surface area contributed by atoms with Gasteiger partial charge in [0.25, 0.3) is 0 Å². The zero-order chi connectivity index (χ0) is 17.9. The van der Waals surface area contributed by atoms with Crippen LogP contribution >= 0.6 is 11.6 Å². The van der Waals surface area contributed by atoms with E-state index in [0.29, 0.717) is 22.9 Å². The highest BCUT2D eigenvalue weighted by atomic mass is 35.5. The Morgan fingerprint density at radius 1 is 1.04 bits per heavy atom. The van der Waals surface area contributed by atoms with Crippen LogP contribution in [0, 0.1) is 0 Å². The van der Waals surface area contributed by atoms with Crippen LogP contribution in [0.5, 0.6) is 5.75 Å². The Balaban J connectivity index is 1.47. The first-order valence-electron chi connectivity index (χ1n) is 8.68. The van der Waals surface area contributed by atoms with Crippen molar-refractivity contribution in [2.24, 2.45) is 0 Å². The van der Waals surface area contributed by atoms with Gasteiger partial charge in [0.2, 0.25) is 0 Å². The predicted molar refractivity (Wildman–Crippen MR) is 101 cm³/mol. The van der Waals surface area contributed by atoms with E-state index >= 15 is 0 Å². The molecule has 5 heteroatoms. The van der Waals surface area contributed by atoms with E-state index < -0.39 is 0 Å². The third kappa shape index (κ3) is 3.37. The van der Waals surface area contributed by atoms with E-state index in [9.17, 15) is 4.79 Å². The van der Waals surface area contributed by atoms with Gasteiger partial charge in [-0.2, -0.15) is 0 Å². The maximum absolute atomic E-state index is 12.8. The highest BCUT2D eigenvalue weighted by Gasteiger charge is 2.24. The van der Waals surface area contributed by atoms with Gasteiger partial charge in [0.05, 0.1) is 11.1 Å². The molecule has 0 saturated carbocycles. The van der Waals surface area contributed by atoms with E-state index in [4.69, 9.17) is 26.1 Å². The fourth-order valence-electron chi connectivity index (χ4n) is 3.34. The number of benzene rings is 2. The minimum atomic E-state index is -0.304.